The Morgan fingerprint density at radius 3 is 2.50 bits per heavy atom. The highest BCUT2D eigenvalue weighted by Crippen LogP contribution is 2.30. The third kappa shape index (κ3) is 5.44. The minimum Gasteiger partial charge on any atom is -0.450 e. The average Bonchev–Trinajstić information content (AvgIpc) is 2.69. The van der Waals surface area contributed by atoms with Crippen LogP contribution in [0.3, 0.4) is 0 Å². The van der Waals surface area contributed by atoms with Crippen LogP contribution in [0.2, 0.25) is 5.02 Å². The molecule has 154 valence electrons. The Hall–Kier alpha value is -2.15. The van der Waals surface area contributed by atoms with E-state index in [9.17, 15) is 9.59 Å². The maximum Gasteiger partial charge on any atom is 0.409 e. The zero-order valence-electron chi connectivity index (χ0n) is 16.4. The summed E-state index contributed by atoms with van der Waals surface area (Å²) in [5.74, 6) is 0. The Morgan fingerprint density at radius 1 is 1.14 bits per heavy atom. The molecule has 0 atom stereocenters. The summed E-state index contributed by atoms with van der Waals surface area (Å²) < 4.78 is 5.01. The fraction of sp³-hybridized carbons (Fsp3) is 0.600. The number of amides is 3. The van der Waals surface area contributed by atoms with E-state index in [-0.39, 0.29) is 18.2 Å². The van der Waals surface area contributed by atoms with Crippen molar-refractivity contribution in [1.82, 2.24) is 10.2 Å². The molecule has 2 saturated heterocycles. The largest absolute Gasteiger partial charge is 0.450 e. The molecule has 2 fully saturated rings. The van der Waals surface area contributed by atoms with Gasteiger partial charge in [-0.15, -0.1) is 0 Å². The number of halogens is 1. The summed E-state index contributed by atoms with van der Waals surface area (Å²) in [6, 6.07) is 5.44. The molecule has 3 amide bonds. The van der Waals surface area contributed by atoms with Crippen LogP contribution in [0, 0.1) is 0 Å². The van der Waals surface area contributed by atoms with Gasteiger partial charge >= 0.3 is 12.1 Å². The molecule has 0 radical (unpaired) electrons. The lowest BCUT2D eigenvalue weighted by molar-refractivity contribution is 0.0959. The van der Waals surface area contributed by atoms with Gasteiger partial charge in [-0.05, 0) is 57.2 Å². The number of nitrogens with zero attached hydrogens (tertiary/aromatic N) is 2. The van der Waals surface area contributed by atoms with E-state index in [2.05, 4.69) is 15.5 Å². The molecule has 2 N–H and O–H groups in total. The van der Waals surface area contributed by atoms with Crippen LogP contribution in [0.15, 0.2) is 18.2 Å². The predicted octanol–water partition coefficient (Wildman–Crippen LogP) is 4.07. The second-order valence-electron chi connectivity index (χ2n) is 7.27. The molecule has 1 aromatic rings. The van der Waals surface area contributed by atoms with Crippen molar-refractivity contribution in [1.29, 1.82) is 0 Å². The van der Waals surface area contributed by atoms with Crippen LogP contribution in [0.5, 0.6) is 0 Å². The quantitative estimate of drug-likeness (QED) is 0.787. The van der Waals surface area contributed by atoms with E-state index in [1.54, 1.807) is 17.9 Å². The summed E-state index contributed by atoms with van der Waals surface area (Å²) in [6.07, 6.45) is 4.78. The monoisotopic (exact) mass is 408 g/mol. The lowest BCUT2D eigenvalue weighted by Gasteiger charge is -2.31. The first kappa shape index (κ1) is 20.6. The van der Waals surface area contributed by atoms with Crippen LogP contribution >= 0.6 is 11.6 Å². The van der Waals surface area contributed by atoms with Crippen LogP contribution in [0.25, 0.3) is 0 Å². The Kier molecular flexibility index (Phi) is 7.25. The van der Waals surface area contributed by atoms with Crippen molar-refractivity contribution in [3.63, 3.8) is 0 Å². The van der Waals surface area contributed by atoms with Crippen LogP contribution in [0.1, 0.15) is 39.0 Å². The highest BCUT2D eigenvalue weighted by molar-refractivity contribution is 6.33. The van der Waals surface area contributed by atoms with Crippen LogP contribution in [0.4, 0.5) is 21.0 Å². The van der Waals surface area contributed by atoms with E-state index >= 15 is 0 Å². The second kappa shape index (κ2) is 9.87. The van der Waals surface area contributed by atoms with Crippen molar-refractivity contribution >= 4 is 35.1 Å². The van der Waals surface area contributed by atoms with E-state index in [0.29, 0.717) is 43.2 Å². The zero-order chi connectivity index (χ0) is 19.9. The number of carbonyl (C=O) groups excluding carboxylic acids is 2. The number of anilines is 2. The van der Waals surface area contributed by atoms with Gasteiger partial charge in [-0.2, -0.15) is 0 Å². The number of hydrogen-bond donors (Lipinski definition) is 2. The number of likely N-dealkylation sites (tertiary alicyclic amines) is 1. The number of carbonyl (C=O) groups is 2. The molecule has 7 nitrogen and oxygen atoms in total. The fourth-order valence-electron chi connectivity index (χ4n) is 3.75. The molecule has 0 saturated carbocycles. The number of nitrogens with one attached hydrogen (secondary N) is 2. The minimum absolute atomic E-state index is 0.0359. The third-order valence-electron chi connectivity index (χ3n) is 5.26. The maximum atomic E-state index is 12.3. The van der Waals surface area contributed by atoms with Gasteiger partial charge in [-0.1, -0.05) is 11.6 Å². The molecule has 0 aliphatic carbocycles. The highest BCUT2D eigenvalue weighted by Gasteiger charge is 2.24. The SMILES string of the molecule is CCOC(=O)N1CCC(NC(=O)Nc2ccc(N3CCCCC3)c(Cl)c2)CC1. The molecule has 28 heavy (non-hydrogen) atoms. The summed E-state index contributed by atoms with van der Waals surface area (Å²) in [7, 11) is 0. The van der Waals surface area contributed by atoms with E-state index in [1.165, 1.54) is 19.3 Å². The molecule has 0 unspecified atom stereocenters. The molecule has 0 spiro atoms. The Bertz CT molecular complexity index is 686. The topological polar surface area (TPSA) is 73.9 Å². The summed E-state index contributed by atoms with van der Waals surface area (Å²) >= 11 is 6.45. The van der Waals surface area contributed by atoms with Crippen LogP contribution in [-0.2, 0) is 4.74 Å². The number of benzene rings is 1. The van der Waals surface area contributed by atoms with Crippen LogP contribution in [-0.4, -0.2) is 55.9 Å². The number of urea groups is 1. The Morgan fingerprint density at radius 2 is 1.86 bits per heavy atom. The van der Waals surface area contributed by atoms with Gasteiger partial charge in [0.1, 0.15) is 0 Å². The molecule has 0 aromatic heterocycles. The first-order chi connectivity index (χ1) is 13.6. The molecule has 2 aliphatic rings. The predicted molar refractivity (Wildman–Crippen MR) is 111 cm³/mol. The summed E-state index contributed by atoms with van der Waals surface area (Å²) in [4.78, 5) is 28.0. The second-order valence-corrected chi connectivity index (χ2v) is 7.68. The molecule has 2 heterocycles. The minimum atomic E-state index is -0.283. The van der Waals surface area contributed by atoms with Gasteiger partial charge in [-0.25, -0.2) is 9.59 Å². The fourth-order valence-corrected chi connectivity index (χ4v) is 4.05. The van der Waals surface area contributed by atoms with Gasteiger partial charge < -0.3 is 25.2 Å². The van der Waals surface area contributed by atoms with Crippen molar-refractivity contribution in [2.45, 2.75) is 45.1 Å². The van der Waals surface area contributed by atoms with Gasteiger partial charge in [0.2, 0.25) is 0 Å². The van der Waals surface area contributed by atoms with Crippen molar-refractivity contribution in [3.8, 4) is 0 Å². The van der Waals surface area contributed by atoms with Gasteiger partial charge in [0.15, 0.2) is 0 Å². The number of piperidine rings is 2. The Balaban J connectivity index is 1.47. The average molecular weight is 409 g/mol. The van der Waals surface area contributed by atoms with E-state index in [4.69, 9.17) is 16.3 Å². The van der Waals surface area contributed by atoms with Crippen molar-refractivity contribution < 1.29 is 14.3 Å². The van der Waals surface area contributed by atoms with E-state index in [1.807, 2.05) is 12.1 Å². The Labute approximate surface area is 171 Å². The van der Waals surface area contributed by atoms with Crippen molar-refractivity contribution in [2.24, 2.45) is 0 Å². The maximum absolute atomic E-state index is 12.3. The normalized spacial score (nSPS) is 17.9. The van der Waals surface area contributed by atoms with E-state index in [0.717, 1.165) is 18.8 Å². The van der Waals surface area contributed by atoms with Crippen molar-refractivity contribution in [3.05, 3.63) is 23.2 Å². The zero-order valence-corrected chi connectivity index (χ0v) is 17.1. The molecule has 1 aromatic carbocycles. The first-order valence-electron chi connectivity index (χ1n) is 10.1. The van der Waals surface area contributed by atoms with Gasteiger partial charge in [0.05, 0.1) is 17.3 Å². The number of hydrogen-bond acceptors (Lipinski definition) is 4. The molecule has 8 heteroatoms. The summed E-state index contributed by atoms with van der Waals surface area (Å²) in [6.45, 7) is 5.38. The number of ether oxygens (including phenoxy) is 1. The smallest absolute Gasteiger partial charge is 0.409 e. The van der Waals surface area contributed by atoms with Crippen molar-refractivity contribution in [2.75, 3.05) is 43.0 Å². The highest BCUT2D eigenvalue weighted by atomic mass is 35.5. The van der Waals surface area contributed by atoms with Gasteiger partial charge in [0, 0.05) is 37.9 Å². The summed E-state index contributed by atoms with van der Waals surface area (Å²) in [5.41, 5.74) is 1.70. The molecule has 0 bridgehead atoms. The first-order valence-corrected chi connectivity index (χ1v) is 10.5. The lowest BCUT2D eigenvalue weighted by Crippen LogP contribution is -2.47. The van der Waals surface area contributed by atoms with Gasteiger partial charge in [-0.3, -0.25) is 0 Å². The standard InChI is InChI=1S/C20H29ClN4O3/c1-2-28-20(27)25-12-8-15(9-13-25)22-19(26)23-16-6-7-18(17(21)14-16)24-10-4-3-5-11-24/h6-7,14-15H,2-5,8-13H2,1H3,(H2,22,23,26). The third-order valence-corrected chi connectivity index (χ3v) is 5.56. The van der Waals surface area contributed by atoms with Gasteiger partial charge in [0.25, 0.3) is 0 Å². The van der Waals surface area contributed by atoms with E-state index < -0.39 is 0 Å². The summed E-state index contributed by atoms with van der Waals surface area (Å²) in [5, 5.41) is 6.49. The molecular weight excluding hydrogens is 380 g/mol. The lowest BCUT2D eigenvalue weighted by atomic mass is 10.1. The molecule has 2 aliphatic heterocycles. The number of rotatable bonds is 4. The molecule has 3 rings (SSSR count). The molecular formula is C20H29ClN4O3. The van der Waals surface area contributed by atoms with Crippen LogP contribution < -0.4 is 15.5 Å².